The van der Waals surface area contributed by atoms with Gasteiger partial charge in [0.2, 0.25) is 0 Å². The van der Waals surface area contributed by atoms with Crippen molar-refractivity contribution >= 4 is 54.6 Å². The molecule has 0 radical (unpaired) electrons. The summed E-state index contributed by atoms with van der Waals surface area (Å²) in [6.07, 6.45) is 5.18. The van der Waals surface area contributed by atoms with E-state index in [0.717, 1.165) is 0 Å². The first kappa shape index (κ1) is 35.8. The molecule has 5 aromatic rings. The van der Waals surface area contributed by atoms with Crippen LogP contribution in [0, 0.1) is 26.7 Å². The minimum Gasteiger partial charge on any atom is -0.147 e. The molecule has 0 aromatic heterocycles. The number of aryl methyl sites for hydroxylation is 2. The van der Waals surface area contributed by atoms with Gasteiger partial charge in [-0.2, -0.15) is 0 Å². The zero-order valence-electron chi connectivity index (χ0n) is 29.1. The summed E-state index contributed by atoms with van der Waals surface area (Å²) in [6.45, 7) is 16.6. The van der Waals surface area contributed by atoms with Crippen LogP contribution in [-0.4, -0.2) is 6.88 Å². The van der Waals surface area contributed by atoms with E-state index in [1.54, 1.807) is 22.3 Å². The Kier molecular flexibility index (Phi) is 9.73. The molecule has 5 aromatic carbocycles. The first-order chi connectivity index (χ1) is 21.4. The number of benzene rings is 5. The quantitative estimate of drug-likeness (QED) is 0.157. The maximum atomic E-state index is 2.78. The first-order valence-corrected chi connectivity index (χ1v) is 30.3. The number of rotatable bonds is 5. The zero-order chi connectivity index (χ0) is 31.9. The molecule has 2 atom stereocenters. The third-order valence-electron chi connectivity index (χ3n) is 11.3. The Hall–Kier alpha value is -2.48. The number of hydrogen-bond donors (Lipinski definition) is 0. The van der Waals surface area contributed by atoms with Crippen LogP contribution in [0.1, 0.15) is 67.0 Å². The van der Waals surface area contributed by atoms with Gasteiger partial charge in [-0.1, -0.05) is 0 Å². The topological polar surface area (TPSA) is 0 Å². The normalized spacial score (nSPS) is 17.1. The van der Waals surface area contributed by atoms with Crippen molar-refractivity contribution in [3.63, 3.8) is 0 Å². The standard InChI is InChI=1S/C21H17.C20H21.2CH3.2ClH.H2Si.Zr/c1-14-12-20-15(2)10-11-19(21(20)13-14)18-9-5-7-16-6-3-4-8-17(16)18;1-13(2)17-11-16-8-6-10-19(20(16)12-17)18-9-5-7-14(3)15(18)4;;;;;;/h3-13H,1-2H3;5-13H,1-4H3;2*1H3;2*1H;1H2;. The van der Waals surface area contributed by atoms with Crippen LogP contribution in [0.3, 0.4) is 0 Å². The molecule has 0 nitrogen and oxygen atoms in total. The molecular weight excluding hydrogens is 707 g/mol. The smallest absolute Gasteiger partial charge is 0.147 e. The number of allylic oxidation sites excluding steroid dienone is 2. The molecule has 4 heteroatoms. The fourth-order valence-electron chi connectivity index (χ4n) is 9.17. The Labute approximate surface area is 297 Å². The summed E-state index contributed by atoms with van der Waals surface area (Å²) in [6, 6.07) is 34.4. The maximum Gasteiger partial charge on any atom is -0.147 e. The van der Waals surface area contributed by atoms with Crippen molar-refractivity contribution in [1.82, 2.24) is 0 Å². The molecule has 2 unspecified atom stereocenters. The van der Waals surface area contributed by atoms with Gasteiger partial charge in [0.15, 0.2) is 0 Å². The van der Waals surface area contributed by atoms with Crippen LogP contribution in [0.25, 0.3) is 45.2 Å². The summed E-state index contributed by atoms with van der Waals surface area (Å²) in [4.78, 5) is 0. The second-order valence-electron chi connectivity index (χ2n) is 15.3. The summed E-state index contributed by atoms with van der Waals surface area (Å²) < 4.78 is 6.56. The summed E-state index contributed by atoms with van der Waals surface area (Å²) in [7, 11) is 0. The number of fused-ring (bicyclic) bond motifs is 3. The molecular formula is C43H48Cl2SiZr. The maximum absolute atomic E-state index is 3.73. The molecule has 0 heterocycles. The second kappa shape index (κ2) is 12.8. The van der Waals surface area contributed by atoms with Crippen molar-refractivity contribution in [3.05, 3.63) is 141 Å². The predicted molar refractivity (Wildman–Crippen MR) is 212 cm³/mol. The SMILES string of the molecule is CC1=Cc2c(-c3cccc4ccccc34)ccc(C)c2[CH]1[Zr]([CH3])([CH3])(=[SiH2])[CH]1C(C(C)C)=Cc2c(-c3cccc(C)c3C)cccc21.Cl.Cl. The van der Waals surface area contributed by atoms with E-state index in [0.29, 0.717) is 13.2 Å². The molecule has 0 saturated carbocycles. The molecule has 0 amide bonds. The summed E-state index contributed by atoms with van der Waals surface area (Å²) in [5.74, 6) is 0.500. The van der Waals surface area contributed by atoms with Crippen LogP contribution in [0.2, 0.25) is 9.26 Å². The van der Waals surface area contributed by atoms with Gasteiger partial charge in [-0.05, 0) is 0 Å². The average molecular weight is 755 g/mol. The van der Waals surface area contributed by atoms with E-state index in [2.05, 4.69) is 161 Å². The predicted octanol–water partition coefficient (Wildman–Crippen LogP) is 12.5. The first-order valence-electron chi connectivity index (χ1n) is 16.7. The molecule has 0 fully saturated rings. The van der Waals surface area contributed by atoms with Crippen LogP contribution in [0.15, 0.2) is 102 Å². The average Bonchev–Trinajstić information content (AvgIpc) is 3.59. The minimum absolute atomic E-state index is 0. The Balaban J connectivity index is 0.00000217. The van der Waals surface area contributed by atoms with Crippen LogP contribution >= 0.6 is 24.8 Å². The van der Waals surface area contributed by atoms with Gasteiger partial charge in [0.1, 0.15) is 0 Å². The van der Waals surface area contributed by atoms with Gasteiger partial charge in [-0.15, -0.1) is 24.8 Å². The molecule has 0 N–H and O–H groups in total. The molecule has 0 spiro atoms. The molecule has 0 saturated heterocycles. The van der Waals surface area contributed by atoms with Gasteiger partial charge in [0, 0.05) is 0 Å². The Bertz CT molecular complexity index is 2170. The number of halogens is 2. The third-order valence-corrected chi connectivity index (χ3v) is 28.8. The fraction of sp³-hybridized carbons (Fsp3) is 0.256. The Morgan fingerprint density at radius 3 is 1.96 bits per heavy atom. The second-order valence-corrected chi connectivity index (χ2v) is 45.8. The van der Waals surface area contributed by atoms with E-state index in [1.165, 1.54) is 60.8 Å². The molecule has 242 valence electrons. The summed E-state index contributed by atoms with van der Waals surface area (Å²) >= 11 is -3.73. The molecule has 2 aliphatic carbocycles. The van der Waals surface area contributed by atoms with E-state index in [4.69, 9.17) is 0 Å². The Morgan fingerprint density at radius 1 is 0.596 bits per heavy atom. The van der Waals surface area contributed by atoms with Crippen molar-refractivity contribution in [3.8, 4) is 22.3 Å². The van der Waals surface area contributed by atoms with Gasteiger partial charge in [0.05, 0.1) is 0 Å². The summed E-state index contributed by atoms with van der Waals surface area (Å²) in [5.41, 5.74) is 19.0. The molecule has 0 aliphatic heterocycles. The molecule has 2 aliphatic rings. The molecule has 7 rings (SSSR count). The van der Waals surface area contributed by atoms with Crippen LogP contribution in [0.5, 0.6) is 0 Å². The minimum atomic E-state index is -3.73. The largest absolute Gasteiger partial charge is 0.147 e. The van der Waals surface area contributed by atoms with Crippen LogP contribution in [0.4, 0.5) is 0 Å². The van der Waals surface area contributed by atoms with Crippen molar-refractivity contribution in [2.24, 2.45) is 5.92 Å². The monoisotopic (exact) mass is 752 g/mol. The van der Waals surface area contributed by atoms with Gasteiger partial charge < -0.3 is 0 Å². The Morgan fingerprint density at radius 2 is 1.21 bits per heavy atom. The van der Waals surface area contributed by atoms with Crippen LogP contribution in [-0.2, 0) is 17.4 Å². The van der Waals surface area contributed by atoms with Crippen LogP contribution < -0.4 is 0 Å². The third kappa shape index (κ3) is 5.62. The van der Waals surface area contributed by atoms with E-state index in [1.807, 2.05) is 0 Å². The summed E-state index contributed by atoms with van der Waals surface area (Å²) in [5, 5.41) is 2.64. The van der Waals surface area contributed by atoms with Crippen molar-refractivity contribution in [1.29, 1.82) is 0 Å². The van der Waals surface area contributed by atoms with E-state index in [-0.39, 0.29) is 24.8 Å². The van der Waals surface area contributed by atoms with E-state index < -0.39 is 17.4 Å². The van der Waals surface area contributed by atoms with Crippen molar-refractivity contribution < 1.29 is 17.4 Å². The molecule has 47 heavy (non-hydrogen) atoms. The number of hydrogen-bond acceptors (Lipinski definition) is 0. The van der Waals surface area contributed by atoms with Gasteiger partial charge in [0.25, 0.3) is 0 Å². The van der Waals surface area contributed by atoms with Crippen molar-refractivity contribution in [2.45, 2.75) is 58.1 Å². The van der Waals surface area contributed by atoms with Crippen molar-refractivity contribution in [2.75, 3.05) is 0 Å². The van der Waals surface area contributed by atoms with E-state index in [9.17, 15) is 0 Å². The van der Waals surface area contributed by atoms with E-state index >= 15 is 0 Å². The van der Waals surface area contributed by atoms with Gasteiger partial charge in [-0.25, -0.2) is 0 Å². The zero-order valence-corrected chi connectivity index (χ0v) is 34.6. The fourth-order valence-corrected chi connectivity index (χ4v) is 29.8. The van der Waals surface area contributed by atoms with Gasteiger partial charge in [-0.3, -0.25) is 0 Å². The van der Waals surface area contributed by atoms with Gasteiger partial charge >= 0.3 is 275 Å². The molecule has 0 bridgehead atoms.